The number of hydrogen-bond acceptors (Lipinski definition) is 3. The van der Waals surface area contributed by atoms with E-state index in [1.54, 1.807) is 0 Å². The van der Waals surface area contributed by atoms with Crippen LogP contribution >= 0.6 is 0 Å². The third kappa shape index (κ3) is 5.36. The van der Waals surface area contributed by atoms with Crippen LogP contribution in [0.15, 0.2) is 0 Å². The predicted octanol–water partition coefficient (Wildman–Crippen LogP) is 1.68. The first-order valence-corrected chi connectivity index (χ1v) is 7.26. The van der Waals surface area contributed by atoms with Gasteiger partial charge in [0.15, 0.2) is 0 Å². The lowest BCUT2D eigenvalue weighted by Gasteiger charge is -2.31. The number of carbonyl (C=O) groups is 1. The van der Waals surface area contributed by atoms with Crippen molar-refractivity contribution in [2.24, 2.45) is 17.6 Å². The average molecular weight is 256 g/mol. The maximum Gasteiger partial charge on any atom is 0.223 e. The lowest BCUT2D eigenvalue weighted by molar-refractivity contribution is -0.126. The number of nitrogens with one attached hydrogen (secondary N) is 1. The van der Waals surface area contributed by atoms with Gasteiger partial charge in [0.25, 0.3) is 0 Å². The fraction of sp³-hybridized carbons (Fsp3) is 0.929. The minimum Gasteiger partial charge on any atom is -0.380 e. The van der Waals surface area contributed by atoms with Crippen molar-refractivity contribution in [1.82, 2.24) is 5.32 Å². The van der Waals surface area contributed by atoms with Crippen molar-refractivity contribution < 1.29 is 9.53 Å². The van der Waals surface area contributed by atoms with Crippen molar-refractivity contribution >= 4 is 5.91 Å². The first-order chi connectivity index (χ1) is 8.65. The second-order valence-electron chi connectivity index (χ2n) is 5.41. The van der Waals surface area contributed by atoms with E-state index in [9.17, 15) is 4.79 Å². The molecule has 0 aliphatic heterocycles. The van der Waals surface area contributed by atoms with Gasteiger partial charge in [0.05, 0.1) is 6.61 Å². The summed E-state index contributed by atoms with van der Waals surface area (Å²) in [4.78, 5) is 11.9. The minimum atomic E-state index is 0.149. The fourth-order valence-electron chi connectivity index (χ4n) is 2.40. The normalized spacial score (nSPS) is 28.1. The summed E-state index contributed by atoms with van der Waals surface area (Å²) in [6.07, 6.45) is 5.04. The van der Waals surface area contributed by atoms with Crippen LogP contribution in [0.25, 0.3) is 0 Å². The zero-order valence-electron chi connectivity index (χ0n) is 11.8. The maximum atomic E-state index is 11.9. The molecule has 1 fully saturated rings. The number of unbranched alkanes of at least 4 members (excludes halogenated alkanes) is 1. The highest BCUT2D eigenvalue weighted by molar-refractivity contribution is 5.78. The first-order valence-electron chi connectivity index (χ1n) is 7.26. The monoisotopic (exact) mass is 256 g/mol. The van der Waals surface area contributed by atoms with Crippen molar-refractivity contribution in [3.63, 3.8) is 0 Å². The van der Waals surface area contributed by atoms with Crippen molar-refractivity contribution in [3.05, 3.63) is 0 Å². The van der Waals surface area contributed by atoms with Gasteiger partial charge in [0.1, 0.15) is 0 Å². The maximum absolute atomic E-state index is 11.9. The first kappa shape index (κ1) is 15.4. The van der Waals surface area contributed by atoms with Gasteiger partial charge in [-0.3, -0.25) is 4.79 Å². The van der Waals surface area contributed by atoms with Crippen LogP contribution in [0.4, 0.5) is 0 Å². The van der Waals surface area contributed by atoms with Gasteiger partial charge in [-0.2, -0.15) is 0 Å². The number of ether oxygens (including phenoxy) is 1. The Morgan fingerprint density at radius 2 is 2.17 bits per heavy atom. The fourth-order valence-corrected chi connectivity index (χ4v) is 2.40. The molecule has 0 radical (unpaired) electrons. The SMILES string of the molecule is CCCCOCCNC(=O)C1CCC(N)C(C)C1. The zero-order chi connectivity index (χ0) is 13.4. The molecule has 4 nitrogen and oxygen atoms in total. The highest BCUT2D eigenvalue weighted by atomic mass is 16.5. The van der Waals surface area contributed by atoms with Gasteiger partial charge in [-0.25, -0.2) is 0 Å². The Morgan fingerprint density at radius 3 is 2.83 bits per heavy atom. The highest BCUT2D eigenvalue weighted by Gasteiger charge is 2.29. The van der Waals surface area contributed by atoms with Gasteiger partial charge >= 0.3 is 0 Å². The topological polar surface area (TPSA) is 64.3 Å². The second kappa shape index (κ2) is 8.48. The molecule has 4 heteroatoms. The summed E-state index contributed by atoms with van der Waals surface area (Å²) in [5.74, 6) is 0.776. The molecular formula is C14H28N2O2. The largest absolute Gasteiger partial charge is 0.380 e. The van der Waals surface area contributed by atoms with E-state index < -0.39 is 0 Å². The van der Waals surface area contributed by atoms with Crippen molar-refractivity contribution in [1.29, 1.82) is 0 Å². The van der Waals surface area contributed by atoms with Crippen LogP contribution in [0.5, 0.6) is 0 Å². The molecule has 0 aromatic heterocycles. The Bertz CT molecular complexity index is 246. The van der Waals surface area contributed by atoms with Gasteiger partial charge in [-0.1, -0.05) is 20.3 Å². The van der Waals surface area contributed by atoms with E-state index in [0.717, 1.165) is 38.7 Å². The zero-order valence-corrected chi connectivity index (χ0v) is 11.8. The molecule has 18 heavy (non-hydrogen) atoms. The van der Waals surface area contributed by atoms with Crippen LogP contribution in [-0.2, 0) is 9.53 Å². The van der Waals surface area contributed by atoms with Gasteiger partial charge in [-0.15, -0.1) is 0 Å². The van der Waals surface area contributed by atoms with Gasteiger partial charge in [0.2, 0.25) is 5.91 Å². The third-order valence-electron chi connectivity index (χ3n) is 3.79. The molecule has 0 aromatic rings. The molecule has 1 amide bonds. The number of amides is 1. The van der Waals surface area contributed by atoms with E-state index in [4.69, 9.17) is 10.5 Å². The van der Waals surface area contributed by atoms with Crippen LogP contribution < -0.4 is 11.1 Å². The second-order valence-corrected chi connectivity index (χ2v) is 5.41. The van der Waals surface area contributed by atoms with Crippen molar-refractivity contribution in [3.8, 4) is 0 Å². The minimum absolute atomic E-state index is 0.149. The molecule has 1 saturated carbocycles. The van der Waals surface area contributed by atoms with E-state index in [0.29, 0.717) is 19.1 Å². The van der Waals surface area contributed by atoms with Crippen molar-refractivity contribution in [2.45, 2.75) is 52.0 Å². The molecule has 0 bridgehead atoms. The quantitative estimate of drug-likeness (QED) is 0.681. The highest BCUT2D eigenvalue weighted by Crippen LogP contribution is 2.27. The lowest BCUT2D eigenvalue weighted by Crippen LogP contribution is -2.41. The summed E-state index contributed by atoms with van der Waals surface area (Å²) in [5, 5.41) is 2.96. The molecular weight excluding hydrogens is 228 g/mol. The van der Waals surface area contributed by atoms with Crippen LogP contribution in [-0.4, -0.2) is 31.7 Å². The molecule has 1 aliphatic rings. The van der Waals surface area contributed by atoms with E-state index in [-0.39, 0.29) is 17.9 Å². The number of hydrogen-bond donors (Lipinski definition) is 2. The molecule has 1 aliphatic carbocycles. The third-order valence-corrected chi connectivity index (χ3v) is 3.79. The predicted molar refractivity (Wildman–Crippen MR) is 73.2 cm³/mol. The molecule has 0 spiro atoms. The summed E-state index contributed by atoms with van der Waals surface area (Å²) in [6, 6.07) is 0.270. The smallest absolute Gasteiger partial charge is 0.223 e. The lowest BCUT2D eigenvalue weighted by atomic mass is 9.79. The Morgan fingerprint density at radius 1 is 1.39 bits per heavy atom. The van der Waals surface area contributed by atoms with E-state index in [2.05, 4.69) is 19.2 Å². The van der Waals surface area contributed by atoms with Crippen LogP contribution in [0.2, 0.25) is 0 Å². The molecule has 0 heterocycles. The van der Waals surface area contributed by atoms with E-state index in [1.807, 2.05) is 0 Å². The van der Waals surface area contributed by atoms with Crippen LogP contribution in [0.1, 0.15) is 46.0 Å². The standard InChI is InChI=1S/C14H28N2O2/c1-3-4-8-18-9-7-16-14(17)12-5-6-13(15)11(2)10-12/h11-13H,3-10,15H2,1-2H3,(H,16,17). The number of rotatable bonds is 7. The Balaban J connectivity index is 2.09. The van der Waals surface area contributed by atoms with Crippen LogP contribution in [0.3, 0.4) is 0 Å². The van der Waals surface area contributed by atoms with Gasteiger partial charge in [0, 0.05) is 25.1 Å². The van der Waals surface area contributed by atoms with Gasteiger partial charge < -0.3 is 15.8 Å². The number of carbonyl (C=O) groups excluding carboxylic acids is 1. The molecule has 1 rings (SSSR count). The molecule has 3 atom stereocenters. The van der Waals surface area contributed by atoms with E-state index >= 15 is 0 Å². The summed E-state index contributed by atoms with van der Waals surface area (Å²) >= 11 is 0. The van der Waals surface area contributed by atoms with Crippen LogP contribution in [0, 0.1) is 11.8 Å². The molecule has 3 unspecified atom stereocenters. The number of nitrogens with two attached hydrogens (primary N) is 1. The van der Waals surface area contributed by atoms with Crippen molar-refractivity contribution in [2.75, 3.05) is 19.8 Å². The summed E-state index contributed by atoms with van der Waals surface area (Å²) in [5.41, 5.74) is 5.96. The molecule has 106 valence electrons. The molecule has 0 aromatic carbocycles. The summed E-state index contributed by atoms with van der Waals surface area (Å²) < 4.78 is 5.42. The average Bonchev–Trinajstić information content (AvgIpc) is 2.36. The Labute approximate surface area is 111 Å². The summed E-state index contributed by atoms with van der Waals surface area (Å²) in [7, 11) is 0. The molecule has 0 saturated heterocycles. The van der Waals surface area contributed by atoms with Gasteiger partial charge in [-0.05, 0) is 31.6 Å². The Kier molecular flexibility index (Phi) is 7.28. The van der Waals surface area contributed by atoms with E-state index in [1.165, 1.54) is 0 Å². The molecule has 3 N–H and O–H groups in total. The Hall–Kier alpha value is -0.610. The summed E-state index contributed by atoms with van der Waals surface area (Å²) in [6.45, 7) is 6.31.